The fraction of sp³-hybridized carbons (Fsp3) is 0.182. The van der Waals surface area contributed by atoms with E-state index in [2.05, 4.69) is 11.9 Å². The van der Waals surface area contributed by atoms with E-state index in [0.29, 0.717) is 0 Å². The van der Waals surface area contributed by atoms with Crippen LogP contribution < -0.4 is 5.32 Å². The Morgan fingerprint density at radius 2 is 2.27 bits per heavy atom. The smallest absolute Gasteiger partial charge is 0.332 e. The van der Waals surface area contributed by atoms with Crippen molar-refractivity contribution in [1.82, 2.24) is 0 Å². The van der Waals surface area contributed by atoms with E-state index >= 15 is 0 Å². The van der Waals surface area contributed by atoms with Gasteiger partial charge in [0.05, 0.1) is 5.69 Å². The molecule has 15 heavy (non-hydrogen) atoms. The first-order valence-corrected chi connectivity index (χ1v) is 4.42. The van der Waals surface area contributed by atoms with Crippen LogP contribution in [0.2, 0.25) is 0 Å². The van der Waals surface area contributed by atoms with Gasteiger partial charge >= 0.3 is 5.97 Å². The molecule has 80 valence electrons. The maximum absolute atomic E-state index is 13.3. The molecular formula is C11H12FNO2. The van der Waals surface area contributed by atoms with E-state index in [9.17, 15) is 9.18 Å². The Kier molecular flexibility index (Phi) is 3.44. The Morgan fingerprint density at radius 1 is 1.60 bits per heavy atom. The lowest BCUT2D eigenvalue weighted by Crippen LogP contribution is -2.11. The molecule has 0 spiro atoms. The molecule has 0 fully saturated rings. The van der Waals surface area contributed by atoms with Gasteiger partial charge in [-0.15, -0.1) is 0 Å². The number of hydrogen-bond acceptors (Lipinski definition) is 2. The molecule has 1 rings (SSSR count). The van der Waals surface area contributed by atoms with Crippen molar-refractivity contribution in [1.29, 1.82) is 0 Å². The van der Waals surface area contributed by atoms with Gasteiger partial charge in [0.1, 0.15) is 5.82 Å². The molecule has 4 heteroatoms. The van der Waals surface area contributed by atoms with Crippen molar-refractivity contribution in [2.75, 3.05) is 11.9 Å². The average molecular weight is 209 g/mol. The minimum Gasteiger partial charge on any atom is -0.478 e. The van der Waals surface area contributed by atoms with E-state index in [-0.39, 0.29) is 17.8 Å². The topological polar surface area (TPSA) is 49.3 Å². The molecule has 0 saturated heterocycles. The summed E-state index contributed by atoms with van der Waals surface area (Å²) < 4.78 is 13.3. The number of nitrogens with one attached hydrogen (secondary N) is 1. The van der Waals surface area contributed by atoms with Crippen LogP contribution in [0.25, 0.3) is 0 Å². The van der Waals surface area contributed by atoms with Crippen LogP contribution in [-0.2, 0) is 4.79 Å². The number of benzene rings is 1. The summed E-state index contributed by atoms with van der Waals surface area (Å²) >= 11 is 0. The largest absolute Gasteiger partial charge is 0.478 e. The van der Waals surface area contributed by atoms with Crippen molar-refractivity contribution in [3.05, 3.63) is 41.7 Å². The monoisotopic (exact) mass is 209 g/mol. The number of carbonyl (C=O) groups is 1. The molecule has 0 aliphatic rings. The van der Waals surface area contributed by atoms with Crippen molar-refractivity contribution in [3.8, 4) is 0 Å². The highest BCUT2D eigenvalue weighted by molar-refractivity contribution is 5.86. The number of hydrogen-bond donors (Lipinski definition) is 2. The highest BCUT2D eigenvalue weighted by Crippen LogP contribution is 2.15. The van der Waals surface area contributed by atoms with Gasteiger partial charge in [0.15, 0.2) is 0 Å². The van der Waals surface area contributed by atoms with Gasteiger partial charge in [0, 0.05) is 12.1 Å². The zero-order valence-corrected chi connectivity index (χ0v) is 8.38. The number of anilines is 1. The third-order valence-corrected chi connectivity index (χ3v) is 1.92. The summed E-state index contributed by atoms with van der Waals surface area (Å²) in [7, 11) is 0. The summed E-state index contributed by atoms with van der Waals surface area (Å²) in [5, 5.41) is 11.2. The lowest BCUT2D eigenvalue weighted by atomic mass is 10.2. The summed E-state index contributed by atoms with van der Waals surface area (Å²) in [5.74, 6) is -1.48. The number of halogens is 1. The van der Waals surface area contributed by atoms with E-state index in [1.807, 2.05) is 0 Å². The Labute approximate surface area is 87.2 Å². The second-order valence-corrected chi connectivity index (χ2v) is 3.25. The summed E-state index contributed by atoms with van der Waals surface area (Å²) in [6.07, 6.45) is 0. The summed E-state index contributed by atoms with van der Waals surface area (Å²) in [4.78, 5) is 10.4. The Bertz CT molecular complexity index is 402. The summed E-state index contributed by atoms with van der Waals surface area (Å²) in [6.45, 7) is 5.14. The first-order chi connectivity index (χ1) is 7.00. The second-order valence-electron chi connectivity index (χ2n) is 3.25. The van der Waals surface area contributed by atoms with E-state index in [4.69, 9.17) is 5.11 Å². The standard InChI is InChI=1S/C11H12FNO2/c1-7-3-4-10(9(12)5-7)13-6-8(2)11(14)15/h3-5,13H,2,6H2,1H3,(H,14,15). The zero-order valence-electron chi connectivity index (χ0n) is 8.38. The van der Waals surface area contributed by atoms with Crippen molar-refractivity contribution < 1.29 is 14.3 Å². The SMILES string of the molecule is C=C(CNc1ccc(C)cc1F)C(=O)O. The number of aliphatic carboxylic acids is 1. The molecule has 3 nitrogen and oxygen atoms in total. The zero-order chi connectivity index (χ0) is 11.4. The molecule has 0 bridgehead atoms. The normalized spacial score (nSPS) is 9.73. The van der Waals surface area contributed by atoms with E-state index < -0.39 is 11.8 Å². The van der Waals surface area contributed by atoms with E-state index in [1.54, 1.807) is 19.1 Å². The summed E-state index contributed by atoms with van der Waals surface area (Å²) in [5.41, 5.74) is 1.09. The highest BCUT2D eigenvalue weighted by Gasteiger charge is 2.05. The van der Waals surface area contributed by atoms with Crippen molar-refractivity contribution in [3.63, 3.8) is 0 Å². The van der Waals surface area contributed by atoms with Crippen molar-refractivity contribution >= 4 is 11.7 Å². The maximum Gasteiger partial charge on any atom is 0.332 e. The van der Waals surface area contributed by atoms with Gasteiger partial charge in [-0.25, -0.2) is 9.18 Å². The number of carboxylic acid groups (broad SMARTS) is 1. The van der Waals surface area contributed by atoms with Gasteiger partial charge in [0.25, 0.3) is 0 Å². The molecule has 0 radical (unpaired) electrons. The number of rotatable bonds is 4. The molecule has 0 heterocycles. The molecule has 0 aliphatic carbocycles. The Hall–Kier alpha value is -1.84. The molecule has 0 aromatic heterocycles. The van der Waals surface area contributed by atoms with Gasteiger partial charge < -0.3 is 10.4 Å². The lowest BCUT2D eigenvalue weighted by molar-refractivity contribution is -0.132. The third kappa shape index (κ3) is 3.09. The molecule has 0 unspecified atom stereocenters. The van der Waals surface area contributed by atoms with Gasteiger partial charge in [0.2, 0.25) is 0 Å². The van der Waals surface area contributed by atoms with Crippen LogP contribution in [0.15, 0.2) is 30.4 Å². The number of carboxylic acids is 1. The second kappa shape index (κ2) is 4.59. The Morgan fingerprint density at radius 3 is 2.80 bits per heavy atom. The minimum atomic E-state index is -1.09. The first kappa shape index (κ1) is 11.2. The van der Waals surface area contributed by atoms with Gasteiger partial charge in [-0.2, -0.15) is 0 Å². The molecule has 0 aliphatic heterocycles. The van der Waals surface area contributed by atoms with E-state index in [1.165, 1.54) is 6.07 Å². The predicted molar refractivity (Wildman–Crippen MR) is 56.4 cm³/mol. The highest BCUT2D eigenvalue weighted by atomic mass is 19.1. The van der Waals surface area contributed by atoms with Crippen LogP contribution in [0.5, 0.6) is 0 Å². The average Bonchev–Trinajstić information content (AvgIpc) is 2.15. The molecule has 0 saturated carbocycles. The quantitative estimate of drug-likeness (QED) is 0.747. The van der Waals surface area contributed by atoms with Crippen LogP contribution in [0.1, 0.15) is 5.56 Å². The van der Waals surface area contributed by atoms with Gasteiger partial charge in [-0.1, -0.05) is 12.6 Å². The minimum absolute atomic E-state index is 0.00465. The third-order valence-electron chi connectivity index (χ3n) is 1.92. The molecular weight excluding hydrogens is 197 g/mol. The van der Waals surface area contributed by atoms with Gasteiger partial charge in [-0.05, 0) is 24.6 Å². The van der Waals surface area contributed by atoms with Crippen LogP contribution in [-0.4, -0.2) is 17.6 Å². The predicted octanol–water partition coefficient (Wildman–Crippen LogP) is 2.19. The van der Waals surface area contributed by atoms with Crippen LogP contribution >= 0.6 is 0 Å². The molecule has 1 aromatic carbocycles. The molecule has 0 amide bonds. The lowest BCUT2D eigenvalue weighted by Gasteiger charge is -2.07. The summed E-state index contributed by atoms with van der Waals surface area (Å²) in [6, 6.07) is 4.70. The number of aryl methyl sites for hydroxylation is 1. The molecule has 0 atom stereocenters. The molecule has 2 N–H and O–H groups in total. The fourth-order valence-electron chi connectivity index (χ4n) is 1.04. The van der Waals surface area contributed by atoms with Crippen molar-refractivity contribution in [2.24, 2.45) is 0 Å². The van der Waals surface area contributed by atoms with Crippen molar-refractivity contribution in [2.45, 2.75) is 6.92 Å². The Balaban J connectivity index is 2.66. The van der Waals surface area contributed by atoms with Crippen LogP contribution in [0, 0.1) is 12.7 Å². The first-order valence-electron chi connectivity index (χ1n) is 4.42. The van der Waals surface area contributed by atoms with Crippen LogP contribution in [0.3, 0.4) is 0 Å². The van der Waals surface area contributed by atoms with Gasteiger partial charge in [-0.3, -0.25) is 0 Å². The van der Waals surface area contributed by atoms with Crippen LogP contribution in [0.4, 0.5) is 10.1 Å². The maximum atomic E-state index is 13.3. The van der Waals surface area contributed by atoms with E-state index in [0.717, 1.165) is 5.56 Å². The molecule has 1 aromatic rings. The fourth-order valence-corrected chi connectivity index (χ4v) is 1.04.